The lowest BCUT2D eigenvalue weighted by molar-refractivity contribution is -0.132. The highest BCUT2D eigenvalue weighted by atomic mass is 16.5. The number of carbonyl (C=O) groups excluding carboxylic acids is 1. The molecule has 25 heavy (non-hydrogen) atoms. The topological polar surface area (TPSA) is 50.8 Å². The van der Waals surface area contributed by atoms with Gasteiger partial charge in [0.25, 0.3) is 0 Å². The van der Waals surface area contributed by atoms with Gasteiger partial charge in [-0.05, 0) is 44.7 Å². The molecule has 140 valence electrons. The van der Waals surface area contributed by atoms with Gasteiger partial charge in [-0.1, -0.05) is 30.3 Å². The molecular weight excluding hydrogens is 316 g/mol. The minimum atomic E-state index is -0.426. The lowest BCUT2D eigenvalue weighted by Crippen LogP contribution is -2.43. The minimum absolute atomic E-state index is 0.0309. The summed E-state index contributed by atoms with van der Waals surface area (Å²) in [7, 11) is 0. The quantitative estimate of drug-likeness (QED) is 0.660. The molecule has 2 atom stereocenters. The molecule has 1 aliphatic rings. The molecule has 0 radical (unpaired) electrons. The monoisotopic (exact) mass is 348 g/mol. The molecular formula is C20H32N2O3. The predicted octanol–water partition coefficient (Wildman–Crippen LogP) is 2.46. The van der Waals surface area contributed by atoms with Crippen molar-refractivity contribution in [2.24, 2.45) is 5.92 Å². The van der Waals surface area contributed by atoms with Crippen molar-refractivity contribution in [3.63, 3.8) is 0 Å². The van der Waals surface area contributed by atoms with E-state index in [1.165, 1.54) is 18.4 Å². The van der Waals surface area contributed by atoms with E-state index in [1.807, 2.05) is 6.92 Å². The van der Waals surface area contributed by atoms with E-state index in [4.69, 9.17) is 9.47 Å². The fourth-order valence-electron chi connectivity index (χ4n) is 3.20. The molecule has 1 saturated heterocycles. The van der Waals surface area contributed by atoms with Gasteiger partial charge in [-0.15, -0.1) is 0 Å². The average molecular weight is 348 g/mol. The molecule has 1 fully saturated rings. The first-order valence-electron chi connectivity index (χ1n) is 9.42. The highest BCUT2D eigenvalue weighted by Crippen LogP contribution is 2.18. The van der Waals surface area contributed by atoms with Crippen LogP contribution in [0.3, 0.4) is 0 Å². The summed E-state index contributed by atoms with van der Waals surface area (Å²) < 4.78 is 10.7. The molecule has 1 heterocycles. The fraction of sp³-hybridized carbons (Fsp3) is 0.650. The summed E-state index contributed by atoms with van der Waals surface area (Å²) in [6.45, 7) is 9.29. The zero-order valence-corrected chi connectivity index (χ0v) is 15.6. The van der Waals surface area contributed by atoms with E-state index in [-0.39, 0.29) is 5.91 Å². The summed E-state index contributed by atoms with van der Waals surface area (Å²) in [6, 6.07) is 10.6. The fourth-order valence-corrected chi connectivity index (χ4v) is 3.20. The zero-order valence-electron chi connectivity index (χ0n) is 15.6. The molecule has 5 heteroatoms. The molecule has 0 aliphatic carbocycles. The van der Waals surface area contributed by atoms with Crippen molar-refractivity contribution in [2.75, 3.05) is 39.5 Å². The van der Waals surface area contributed by atoms with Crippen LogP contribution in [0.15, 0.2) is 30.3 Å². The zero-order chi connectivity index (χ0) is 17.9. The first-order valence-corrected chi connectivity index (χ1v) is 9.42. The van der Waals surface area contributed by atoms with E-state index in [9.17, 15) is 4.79 Å². The molecule has 1 aromatic rings. The Morgan fingerprint density at radius 2 is 2.12 bits per heavy atom. The third kappa shape index (κ3) is 7.55. The van der Waals surface area contributed by atoms with Crippen LogP contribution in [0.25, 0.3) is 0 Å². The van der Waals surface area contributed by atoms with Gasteiger partial charge in [0.05, 0.1) is 13.2 Å². The van der Waals surface area contributed by atoms with Crippen LogP contribution in [0.5, 0.6) is 0 Å². The van der Waals surface area contributed by atoms with Gasteiger partial charge in [0.15, 0.2) is 0 Å². The standard InChI is InChI=1S/C20H32N2O3/c1-3-24-12-13-25-17(2)20(23)21-14-19-10-7-11-22(16-19)15-18-8-5-4-6-9-18/h4-6,8-9,17,19H,3,7,10-16H2,1-2H3,(H,21,23)/t17-,19-/m1/s1. The van der Waals surface area contributed by atoms with Crippen LogP contribution in [0.1, 0.15) is 32.3 Å². The molecule has 1 aromatic carbocycles. The molecule has 0 unspecified atom stereocenters. The Hall–Kier alpha value is -1.43. The van der Waals surface area contributed by atoms with Crippen molar-refractivity contribution >= 4 is 5.91 Å². The molecule has 1 amide bonds. The van der Waals surface area contributed by atoms with Crippen molar-refractivity contribution in [3.05, 3.63) is 35.9 Å². The minimum Gasteiger partial charge on any atom is -0.379 e. The van der Waals surface area contributed by atoms with Crippen LogP contribution >= 0.6 is 0 Å². The molecule has 0 spiro atoms. The second-order valence-corrected chi connectivity index (χ2v) is 6.68. The third-order valence-electron chi connectivity index (χ3n) is 4.59. The molecule has 0 saturated carbocycles. The summed E-state index contributed by atoms with van der Waals surface area (Å²) in [5.41, 5.74) is 1.35. The normalized spacial score (nSPS) is 19.5. The maximum atomic E-state index is 12.1. The van der Waals surface area contributed by atoms with Gasteiger partial charge in [-0.3, -0.25) is 9.69 Å². The summed E-state index contributed by atoms with van der Waals surface area (Å²) in [5.74, 6) is 0.480. The van der Waals surface area contributed by atoms with Crippen LogP contribution < -0.4 is 5.32 Å². The first-order chi connectivity index (χ1) is 12.2. The second kappa shape index (κ2) is 11.2. The van der Waals surface area contributed by atoms with Crippen molar-refractivity contribution in [1.82, 2.24) is 10.2 Å². The maximum absolute atomic E-state index is 12.1. The maximum Gasteiger partial charge on any atom is 0.248 e. The Bertz CT molecular complexity index is 495. The highest BCUT2D eigenvalue weighted by molar-refractivity contribution is 5.80. The van der Waals surface area contributed by atoms with Crippen molar-refractivity contribution < 1.29 is 14.3 Å². The largest absolute Gasteiger partial charge is 0.379 e. The van der Waals surface area contributed by atoms with Crippen LogP contribution in [-0.2, 0) is 20.8 Å². The number of carbonyl (C=O) groups is 1. The Morgan fingerprint density at radius 3 is 2.88 bits per heavy atom. The number of rotatable bonds is 10. The Balaban J connectivity index is 1.66. The molecule has 2 rings (SSSR count). The van der Waals surface area contributed by atoms with Crippen LogP contribution in [0.4, 0.5) is 0 Å². The number of nitrogens with zero attached hydrogens (tertiary/aromatic N) is 1. The number of benzene rings is 1. The SMILES string of the molecule is CCOCCO[C@H](C)C(=O)NC[C@H]1CCCN(Cc2ccccc2)C1. The summed E-state index contributed by atoms with van der Waals surface area (Å²) in [5, 5.41) is 3.05. The van der Waals surface area contributed by atoms with E-state index in [2.05, 4.69) is 40.5 Å². The summed E-state index contributed by atoms with van der Waals surface area (Å²) >= 11 is 0. The van der Waals surface area contributed by atoms with Gasteiger partial charge in [-0.25, -0.2) is 0 Å². The van der Waals surface area contributed by atoms with E-state index in [0.717, 1.165) is 26.2 Å². The highest BCUT2D eigenvalue weighted by Gasteiger charge is 2.21. The van der Waals surface area contributed by atoms with Gasteiger partial charge in [0.1, 0.15) is 6.10 Å². The molecule has 0 bridgehead atoms. The summed E-state index contributed by atoms with van der Waals surface area (Å²) in [4.78, 5) is 14.6. The van der Waals surface area contributed by atoms with E-state index in [1.54, 1.807) is 6.92 Å². The van der Waals surface area contributed by atoms with Crippen LogP contribution in [0.2, 0.25) is 0 Å². The number of likely N-dealkylation sites (tertiary alicyclic amines) is 1. The van der Waals surface area contributed by atoms with E-state index < -0.39 is 6.10 Å². The molecule has 1 N–H and O–H groups in total. The summed E-state index contributed by atoms with van der Waals surface area (Å²) in [6.07, 6.45) is 1.93. The number of hydrogen-bond acceptors (Lipinski definition) is 4. The Kier molecular flexibility index (Phi) is 8.94. The predicted molar refractivity (Wildman–Crippen MR) is 99.4 cm³/mol. The Morgan fingerprint density at radius 1 is 1.32 bits per heavy atom. The van der Waals surface area contributed by atoms with Crippen molar-refractivity contribution in [2.45, 2.75) is 39.3 Å². The number of nitrogens with one attached hydrogen (secondary N) is 1. The van der Waals surface area contributed by atoms with Gasteiger partial charge in [0.2, 0.25) is 5.91 Å². The number of piperidine rings is 1. The Labute approximate surface area is 151 Å². The van der Waals surface area contributed by atoms with Crippen LogP contribution in [-0.4, -0.2) is 56.4 Å². The van der Waals surface area contributed by atoms with Gasteiger partial charge < -0.3 is 14.8 Å². The number of hydrogen-bond donors (Lipinski definition) is 1. The lowest BCUT2D eigenvalue weighted by atomic mass is 9.97. The van der Waals surface area contributed by atoms with E-state index in [0.29, 0.717) is 25.7 Å². The third-order valence-corrected chi connectivity index (χ3v) is 4.59. The average Bonchev–Trinajstić information content (AvgIpc) is 2.64. The smallest absolute Gasteiger partial charge is 0.248 e. The molecule has 0 aromatic heterocycles. The number of ether oxygens (including phenoxy) is 2. The van der Waals surface area contributed by atoms with Crippen molar-refractivity contribution in [3.8, 4) is 0 Å². The van der Waals surface area contributed by atoms with Crippen LogP contribution in [0, 0.1) is 5.92 Å². The van der Waals surface area contributed by atoms with E-state index >= 15 is 0 Å². The molecule has 1 aliphatic heterocycles. The van der Waals surface area contributed by atoms with Crippen molar-refractivity contribution in [1.29, 1.82) is 0 Å². The first kappa shape index (κ1) is 19.9. The molecule has 5 nitrogen and oxygen atoms in total. The second-order valence-electron chi connectivity index (χ2n) is 6.68. The number of amides is 1. The lowest BCUT2D eigenvalue weighted by Gasteiger charge is -2.33. The van der Waals surface area contributed by atoms with Gasteiger partial charge in [-0.2, -0.15) is 0 Å². The van der Waals surface area contributed by atoms with Gasteiger partial charge >= 0.3 is 0 Å². The van der Waals surface area contributed by atoms with Gasteiger partial charge in [0, 0.05) is 26.2 Å².